The first-order chi connectivity index (χ1) is 18.6. The van der Waals surface area contributed by atoms with Crippen molar-refractivity contribution in [2.24, 2.45) is 0 Å². The Morgan fingerprint density at radius 2 is 1.87 bits per heavy atom. The van der Waals surface area contributed by atoms with Gasteiger partial charge in [-0.3, -0.25) is 4.79 Å². The lowest BCUT2D eigenvalue weighted by atomic mass is 10.1. The maximum absolute atomic E-state index is 13.0. The van der Waals surface area contributed by atoms with E-state index in [1.807, 2.05) is 50.8 Å². The number of carbonyl (C=O) groups is 2. The Morgan fingerprint density at radius 1 is 1.15 bits per heavy atom. The average Bonchev–Trinajstić information content (AvgIpc) is 3.25. The number of aromatic nitrogens is 3. The van der Waals surface area contributed by atoms with Crippen molar-refractivity contribution in [3.63, 3.8) is 0 Å². The first kappa shape index (κ1) is 29.5. The molecule has 0 bridgehead atoms. The van der Waals surface area contributed by atoms with Gasteiger partial charge in [0.2, 0.25) is 5.91 Å². The molecule has 1 fully saturated rings. The third-order valence-corrected chi connectivity index (χ3v) is 7.80. The molecule has 39 heavy (non-hydrogen) atoms. The van der Waals surface area contributed by atoms with Crippen molar-refractivity contribution >= 4 is 56.5 Å². The number of rotatable bonds is 9. The van der Waals surface area contributed by atoms with Crippen LogP contribution in [-0.2, 0) is 27.4 Å². The minimum Gasteiger partial charge on any atom is -0.444 e. The molecule has 1 aromatic carbocycles. The van der Waals surface area contributed by atoms with Gasteiger partial charge in [0, 0.05) is 51.2 Å². The van der Waals surface area contributed by atoms with E-state index in [0.29, 0.717) is 26.3 Å². The molecule has 212 valence electrons. The molecule has 0 unspecified atom stereocenters. The fourth-order valence-corrected chi connectivity index (χ4v) is 5.79. The lowest BCUT2D eigenvalue weighted by molar-refractivity contribution is -0.133. The van der Waals surface area contributed by atoms with E-state index < -0.39 is 5.60 Å². The van der Waals surface area contributed by atoms with E-state index in [4.69, 9.17) is 19.4 Å². The minimum absolute atomic E-state index is 0.123. The number of halogens is 1. The third-order valence-electron chi connectivity index (χ3n) is 7.05. The molecule has 0 radical (unpaired) electrons. The van der Waals surface area contributed by atoms with Gasteiger partial charge in [0.1, 0.15) is 20.6 Å². The zero-order valence-corrected chi connectivity index (χ0v) is 25.9. The van der Waals surface area contributed by atoms with Gasteiger partial charge in [-0.25, -0.2) is 14.8 Å². The quantitative estimate of drug-likeness (QED) is 0.167. The largest absolute Gasteiger partial charge is 0.444 e. The molecule has 1 saturated heterocycles. The highest BCUT2D eigenvalue weighted by Crippen LogP contribution is 2.29. The number of ether oxygens (including phenoxy) is 2. The monoisotopic (exact) mass is 649 g/mol. The second-order valence-electron chi connectivity index (χ2n) is 11.1. The van der Waals surface area contributed by atoms with Gasteiger partial charge in [0.25, 0.3) is 0 Å². The summed E-state index contributed by atoms with van der Waals surface area (Å²) < 4.78 is 14.2. The van der Waals surface area contributed by atoms with E-state index in [2.05, 4.69) is 33.2 Å². The van der Waals surface area contributed by atoms with Gasteiger partial charge in [-0.2, -0.15) is 0 Å². The smallest absolute Gasteiger partial charge is 0.410 e. The number of unbranched alkanes of at least 4 members (excludes halogenated alkanes) is 1. The summed E-state index contributed by atoms with van der Waals surface area (Å²) in [5.74, 6) is 0.930. The lowest BCUT2D eigenvalue weighted by Gasteiger charge is -2.33. The van der Waals surface area contributed by atoms with Crippen molar-refractivity contribution < 1.29 is 19.1 Å². The zero-order valence-electron chi connectivity index (χ0n) is 23.7. The van der Waals surface area contributed by atoms with Gasteiger partial charge in [-0.15, -0.1) is 0 Å². The van der Waals surface area contributed by atoms with Gasteiger partial charge >= 0.3 is 6.09 Å². The second kappa shape index (κ2) is 12.8. The molecule has 1 aliphatic rings. The van der Waals surface area contributed by atoms with Crippen LogP contribution in [-0.4, -0.2) is 74.3 Å². The van der Waals surface area contributed by atoms with Crippen LogP contribution in [0.4, 0.5) is 4.79 Å². The Kier molecular flexibility index (Phi) is 9.69. The SMILES string of the molecule is CCN(Cc1nc2c(I)nc3ccccc3c2n1CCCCN(C(C)=O)C1CCOCC1)C(=O)OC(C)(C)C. The highest BCUT2D eigenvalue weighted by atomic mass is 127. The van der Waals surface area contributed by atoms with E-state index in [1.165, 1.54) is 0 Å². The van der Waals surface area contributed by atoms with Crippen molar-refractivity contribution in [2.75, 3.05) is 26.3 Å². The molecule has 0 spiro atoms. The van der Waals surface area contributed by atoms with Gasteiger partial charge in [-0.05, 0) is 82.0 Å². The van der Waals surface area contributed by atoms with Crippen molar-refractivity contribution in [1.29, 1.82) is 0 Å². The number of nitrogens with zero attached hydrogens (tertiary/aromatic N) is 5. The first-order valence-corrected chi connectivity index (χ1v) is 14.9. The molecule has 0 saturated carbocycles. The Morgan fingerprint density at radius 3 is 2.54 bits per heavy atom. The molecular formula is C29H40IN5O4. The van der Waals surface area contributed by atoms with Crippen molar-refractivity contribution in [1.82, 2.24) is 24.3 Å². The highest BCUT2D eigenvalue weighted by molar-refractivity contribution is 14.1. The maximum Gasteiger partial charge on any atom is 0.410 e. The molecule has 0 atom stereocenters. The molecule has 4 rings (SSSR count). The van der Waals surface area contributed by atoms with Crippen LogP contribution in [0.5, 0.6) is 0 Å². The number of fused-ring (bicyclic) bond motifs is 3. The van der Waals surface area contributed by atoms with Gasteiger partial charge < -0.3 is 23.8 Å². The number of aryl methyl sites for hydroxylation is 1. The van der Waals surface area contributed by atoms with E-state index in [9.17, 15) is 9.59 Å². The lowest BCUT2D eigenvalue weighted by Crippen LogP contribution is -2.42. The predicted molar refractivity (Wildman–Crippen MR) is 161 cm³/mol. The molecule has 10 heteroatoms. The van der Waals surface area contributed by atoms with Gasteiger partial charge in [-0.1, -0.05) is 18.2 Å². The average molecular weight is 650 g/mol. The Balaban J connectivity index is 1.61. The molecule has 1 aliphatic heterocycles. The summed E-state index contributed by atoms with van der Waals surface area (Å²) in [6, 6.07) is 8.37. The number of hydrogen-bond acceptors (Lipinski definition) is 6. The molecule has 2 aromatic heterocycles. The Hall–Kier alpha value is -2.47. The Labute approximate surface area is 244 Å². The molecule has 9 nitrogen and oxygen atoms in total. The summed E-state index contributed by atoms with van der Waals surface area (Å²) >= 11 is 2.25. The molecule has 0 aliphatic carbocycles. The summed E-state index contributed by atoms with van der Waals surface area (Å²) in [4.78, 5) is 38.9. The number of benzene rings is 1. The van der Waals surface area contributed by atoms with E-state index in [1.54, 1.807) is 11.8 Å². The normalized spacial score (nSPS) is 14.6. The number of carbonyl (C=O) groups excluding carboxylic acids is 2. The number of imidazole rings is 1. The fourth-order valence-electron chi connectivity index (χ4n) is 5.16. The van der Waals surface area contributed by atoms with Crippen LogP contribution in [0.15, 0.2) is 24.3 Å². The fraction of sp³-hybridized carbons (Fsp3) is 0.586. The molecule has 3 aromatic rings. The van der Waals surface area contributed by atoms with Crippen LogP contribution in [0.3, 0.4) is 0 Å². The van der Waals surface area contributed by atoms with Crippen molar-refractivity contribution in [2.45, 2.75) is 85.0 Å². The van der Waals surface area contributed by atoms with Crippen LogP contribution in [0.25, 0.3) is 21.9 Å². The van der Waals surface area contributed by atoms with Gasteiger partial charge in [0.15, 0.2) is 0 Å². The molecule has 0 N–H and O–H groups in total. The van der Waals surface area contributed by atoms with Crippen LogP contribution >= 0.6 is 22.6 Å². The first-order valence-electron chi connectivity index (χ1n) is 13.8. The summed E-state index contributed by atoms with van der Waals surface area (Å²) in [5, 5.41) is 1.04. The summed E-state index contributed by atoms with van der Waals surface area (Å²) in [6.45, 7) is 12.9. The maximum atomic E-state index is 13.0. The van der Waals surface area contributed by atoms with E-state index >= 15 is 0 Å². The number of amides is 2. The predicted octanol–water partition coefficient (Wildman–Crippen LogP) is 5.75. The molecule has 2 amide bonds. The van der Waals surface area contributed by atoms with E-state index in [0.717, 1.165) is 70.2 Å². The van der Waals surface area contributed by atoms with E-state index in [-0.39, 0.29) is 18.0 Å². The minimum atomic E-state index is -0.576. The Bertz CT molecular complexity index is 1310. The standard InChI is InChI=1S/C29H40IN5O4/c1-6-33(28(37)39-29(3,4)5)19-24-32-25-26(22-11-7-8-12-23(22)31-27(25)30)35(24)16-10-9-15-34(20(2)36)21-13-17-38-18-14-21/h7-8,11-12,21H,6,9-10,13-19H2,1-5H3. The zero-order chi connectivity index (χ0) is 28.2. The third kappa shape index (κ3) is 7.19. The van der Waals surface area contributed by atoms with Crippen LogP contribution in [0.1, 0.15) is 66.1 Å². The highest BCUT2D eigenvalue weighted by Gasteiger charge is 2.26. The summed E-state index contributed by atoms with van der Waals surface area (Å²) in [6.07, 6.45) is 3.18. The van der Waals surface area contributed by atoms with Crippen molar-refractivity contribution in [3.05, 3.63) is 33.8 Å². The molecule has 3 heterocycles. The summed E-state index contributed by atoms with van der Waals surface area (Å²) in [7, 11) is 0. The van der Waals surface area contributed by atoms with Crippen LogP contribution in [0.2, 0.25) is 0 Å². The van der Waals surface area contributed by atoms with Gasteiger partial charge in [0.05, 0.1) is 17.6 Å². The number of hydrogen-bond donors (Lipinski definition) is 0. The second-order valence-corrected chi connectivity index (χ2v) is 12.1. The summed E-state index contributed by atoms with van der Waals surface area (Å²) in [5.41, 5.74) is 2.22. The molecular weight excluding hydrogens is 609 g/mol. The van der Waals surface area contributed by atoms with Crippen LogP contribution in [0, 0.1) is 3.70 Å². The topological polar surface area (TPSA) is 89.8 Å². The number of para-hydroxylation sites is 1. The number of pyridine rings is 1. The van der Waals surface area contributed by atoms with Crippen LogP contribution < -0.4 is 0 Å². The van der Waals surface area contributed by atoms with Crippen molar-refractivity contribution in [3.8, 4) is 0 Å².